The van der Waals surface area contributed by atoms with Crippen molar-refractivity contribution in [3.63, 3.8) is 0 Å². The zero-order valence-corrected chi connectivity index (χ0v) is 11.0. The third-order valence-corrected chi connectivity index (χ3v) is 2.29. The van der Waals surface area contributed by atoms with Crippen molar-refractivity contribution in [2.24, 2.45) is 5.92 Å². The number of ether oxygens (including phenoxy) is 1. The van der Waals surface area contributed by atoms with E-state index in [0.29, 0.717) is 10.8 Å². The molecule has 0 saturated heterocycles. The average molecular weight is 271 g/mol. The SMILES string of the molecule is CC(C)C(=O)NNC(=O)COc1ccc(Cl)cc1. The minimum Gasteiger partial charge on any atom is -0.484 e. The zero-order chi connectivity index (χ0) is 13.5. The van der Waals surface area contributed by atoms with E-state index in [0.717, 1.165) is 0 Å². The molecule has 0 atom stereocenters. The first-order chi connectivity index (χ1) is 8.49. The third kappa shape index (κ3) is 5.05. The van der Waals surface area contributed by atoms with Crippen molar-refractivity contribution in [2.45, 2.75) is 13.8 Å². The van der Waals surface area contributed by atoms with Gasteiger partial charge in [-0.2, -0.15) is 0 Å². The smallest absolute Gasteiger partial charge is 0.276 e. The molecule has 0 aromatic heterocycles. The number of amides is 2. The first-order valence-corrected chi connectivity index (χ1v) is 5.84. The molecule has 0 aliphatic rings. The molecule has 0 spiro atoms. The van der Waals surface area contributed by atoms with Crippen LogP contribution >= 0.6 is 11.6 Å². The topological polar surface area (TPSA) is 67.4 Å². The Labute approximate surface area is 110 Å². The molecule has 2 amide bonds. The van der Waals surface area contributed by atoms with Crippen molar-refractivity contribution in [1.82, 2.24) is 10.9 Å². The maximum atomic E-state index is 11.3. The molecule has 18 heavy (non-hydrogen) atoms. The number of hydrogen-bond acceptors (Lipinski definition) is 3. The first-order valence-electron chi connectivity index (χ1n) is 5.46. The van der Waals surface area contributed by atoms with Crippen LogP contribution in [0.1, 0.15) is 13.8 Å². The van der Waals surface area contributed by atoms with Crippen LogP contribution in [0.2, 0.25) is 5.02 Å². The van der Waals surface area contributed by atoms with Gasteiger partial charge in [0.2, 0.25) is 5.91 Å². The van der Waals surface area contributed by atoms with E-state index in [1.54, 1.807) is 38.1 Å². The van der Waals surface area contributed by atoms with E-state index in [1.807, 2.05) is 0 Å². The summed E-state index contributed by atoms with van der Waals surface area (Å²) in [5.41, 5.74) is 4.54. The predicted molar refractivity (Wildman–Crippen MR) is 68.1 cm³/mol. The molecule has 98 valence electrons. The minimum atomic E-state index is -0.432. The van der Waals surface area contributed by atoms with Gasteiger partial charge in [-0.15, -0.1) is 0 Å². The van der Waals surface area contributed by atoms with Gasteiger partial charge in [-0.3, -0.25) is 20.4 Å². The highest BCUT2D eigenvalue weighted by atomic mass is 35.5. The molecule has 0 saturated carbocycles. The summed E-state index contributed by atoms with van der Waals surface area (Å²) in [7, 11) is 0. The summed E-state index contributed by atoms with van der Waals surface area (Å²) in [6.07, 6.45) is 0. The van der Waals surface area contributed by atoms with E-state index < -0.39 is 5.91 Å². The molecule has 0 fully saturated rings. The van der Waals surface area contributed by atoms with Gasteiger partial charge >= 0.3 is 0 Å². The molecule has 0 aliphatic carbocycles. The van der Waals surface area contributed by atoms with E-state index in [2.05, 4.69) is 10.9 Å². The lowest BCUT2D eigenvalue weighted by Crippen LogP contribution is -2.45. The lowest BCUT2D eigenvalue weighted by atomic mass is 10.2. The normalized spacial score (nSPS) is 10.0. The summed E-state index contributed by atoms with van der Waals surface area (Å²) < 4.78 is 5.19. The van der Waals surface area contributed by atoms with Crippen molar-refractivity contribution in [2.75, 3.05) is 6.61 Å². The van der Waals surface area contributed by atoms with Gasteiger partial charge in [0.15, 0.2) is 6.61 Å². The Morgan fingerprint density at radius 1 is 1.22 bits per heavy atom. The second-order valence-electron chi connectivity index (χ2n) is 3.93. The summed E-state index contributed by atoms with van der Waals surface area (Å²) in [5.74, 6) is -0.346. The van der Waals surface area contributed by atoms with Gasteiger partial charge in [0.05, 0.1) is 0 Å². The van der Waals surface area contributed by atoms with Gasteiger partial charge in [0.25, 0.3) is 5.91 Å². The molecular formula is C12H15ClN2O3. The van der Waals surface area contributed by atoms with Gasteiger partial charge in [0, 0.05) is 10.9 Å². The zero-order valence-electron chi connectivity index (χ0n) is 10.2. The van der Waals surface area contributed by atoms with Crippen LogP contribution in [0.3, 0.4) is 0 Å². The molecule has 1 rings (SSSR count). The monoisotopic (exact) mass is 270 g/mol. The summed E-state index contributed by atoms with van der Waals surface area (Å²) in [4.78, 5) is 22.5. The largest absolute Gasteiger partial charge is 0.484 e. The van der Waals surface area contributed by atoms with E-state index in [-0.39, 0.29) is 18.4 Å². The third-order valence-electron chi connectivity index (χ3n) is 2.03. The molecule has 0 radical (unpaired) electrons. The van der Waals surface area contributed by atoms with Crippen molar-refractivity contribution in [1.29, 1.82) is 0 Å². The van der Waals surface area contributed by atoms with Crippen LogP contribution in [0.25, 0.3) is 0 Å². The second kappa shape index (κ2) is 6.86. The lowest BCUT2D eigenvalue weighted by Gasteiger charge is -2.10. The molecular weight excluding hydrogens is 256 g/mol. The average Bonchev–Trinajstić information content (AvgIpc) is 2.35. The highest BCUT2D eigenvalue weighted by Crippen LogP contribution is 2.15. The Bertz CT molecular complexity index is 418. The number of nitrogens with one attached hydrogen (secondary N) is 2. The Balaban J connectivity index is 2.29. The van der Waals surface area contributed by atoms with E-state index in [4.69, 9.17) is 16.3 Å². The van der Waals surface area contributed by atoms with Gasteiger partial charge in [-0.1, -0.05) is 25.4 Å². The van der Waals surface area contributed by atoms with Crippen LogP contribution in [-0.4, -0.2) is 18.4 Å². The van der Waals surface area contributed by atoms with E-state index in [9.17, 15) is 9.59 Å². The van der Waals surface area contributed by atoms with Crippen LogP contribution < -0.4 is 15.6 Å². The molecule has 5 nitrogen and oxygen atoms in total. The Hall–Kier alpha value is -1.75. The van der Waals surface area contributed by atoms with Gasteiger partial charge < -0.3 is 4.74 Å². The number of hydrogen-bond donors (Lipinski definition) is 2. The quantitative estimate of drug-likeness (QED) is 0.815. The lowest BCUT2D eigenvalue weighted by molar-refractivity contribution is -0.131. The molecule has 1 aromatic rings. The number of halogens is 1. The standard InChI is InChI=1S/C12H15ClN2O3/c1-8(2)12(17)15-14-11(16)7-18-10-5-3-9(13)4-6-10/h3-6,8H,7H2,1-2H3,(H,14,16)(H,15,17). The summed E-state index contributed by atoms with van der Waals surface area (Å²) >= 11 is 5.71. The Morgan fingerprint density at radius 2 is 1.83 bits per heavy atom. The van der Waals surface area contributed by atoms with E-state index >= 15 is 0 Å². The summed E-state index contributed by atoms with van der Waals surface area (Å²) in [6, 6.07) is 6.63. The van der Waals surface area contributed by atoms with Crippen LogP contribution in [-0.2, 0) is 9.59 Å². The number of hydrazine groups is 1. The highest BCUT2D eigenvalue weighted by molar-refractivity contribution is 6.30. The molecule has 0 heterocycles. The molecule has 0 aliphatic heterocycles. The van der Waals surface area contributed by atoms with Crippen LogP contribution in [0.15, 0.2) is 24.3 Å². The van der Waals surface area contributed by atoms with Crippen LogP contribution in [0, 0.1) is 5.92 Å². The van der Waals surface area contributed by atoms with E-state index in [1.165, 1.54) is 0 Å². The van der Waals surface area contributed by atoms with Gasteiger partial charge in [-0.25, -0.2) is 0 Å². The predicted octanol–water partition coefficient (Wildman–Crippen LogP) is 1.52. The number of benzene rings is 1. The van der Waals surface area contributed by atoms with Crippen LogP contribution in [0.5, 0.6) is 5.75 Å². The van der Waals surface area contributed by atoms with Crippen molar-refractivity contribution >= 4 is 23.4 Å². The Kier molecular flexibility index (Phi) is 5.45. The van der Waals surface area contributed by atoms with Gasteiger partial charge in [0.1, 0.15) is 5.75 Å². The molecule has 0 bridgehead atoms. The fourth-order valence-corrected chi connectivity index (χ4v) is 1.12. The van der Waals surface area contributed by atoms with Crippen molar-refractivity contribution < 1.29 is 14.3 Å². The number of rotatable bonds is 4. The molecule has 0 unspecified atom stereocenters. The number of carbonyl (C=O) groups is 2. The van der Waals surface area contributed by atoms with Crippen LogP contribution in [0.4, 0.5) is 0 Å². The summed E-state index contributed by atoms with van der Waals surface area (Å²) in [5, 5.41) is 0.594. The number of carbonyl (C=O) groups excluding carboxylic acids is 2. The summed E-state index contributed by atoms with van der Waals surface area (Å²) in [6.45, 7) is 3.28. The van der Waals surface area contributed by atoms with Crippen molar-refractivity contribution in [3.8, 4) is 5.75 Å². The first kappa shape index (κ1) is 14.3. The van der Waals surface area contributed by atoms with Crippen molar-refractivity contribution in [3.05, 3.63) is 29.3 Å². The second-order valence-corrected chi connectivity index (χ2v) is 4.37. The molecule has 1 aromatic carbocycles. The molecule has 2 N–H and O–H groups in total. The minimum absolute atomic E-state index is 0.181. The maximum Gasteiger partial charge on any atom is 0.276 e. The molecule has 6 heteroatoms. The fraction of sp³-hybridized carbons (Fsp3) is 0.333. The fourth-order valence-electron chi connectivity index (χ4n) is 0.991. The maximum absolute atomic E-state index is 11.3. The van der Waals surface area contributed by atoms with Gasteiger partial charge in [-0.05, 0) is 24.3 Å². The highest BCUT2D eigenvalue weighted by Gasteiger charge is 2.08. The Morgan fingerprint density at radius 3 is 2.39 bits per heavy atom.